The van der Waals surface area contributed by atoms with Gasteiger partial charge in [0.05, 0.1) is 0 Å². The molecule has 0 aromatic rings. The van der Waals surface area contributed by atoms with Gasteiger partial charge in [-0.25, -0.2) is 0 Å². The Morgan fingerprint density at radius 2 is 1.69 bits per heavy atom. The van der Waals surface area contributed by atoms with E-state index in [0.29, 0.717) is 37.6 Å². The molecule has 2 aliphatic rings. The Labute approximate surface area is 97.2 Å². The number of carbonyl (C=O) groups is 2. The molecule has 16 heavy (non-hydrogen) atoms. The second-order valence-electron chi connectivity index (χ2n) is 5.45. The molecular weight excluding hydrogens is 202 g/mol. The minimum Gasteiger partial charge on any atom is -0.341 e. The highest BCUT2D eigenvalue weighted by atomic mass is 16.2. The molecule has 2 fully saturated rings. The van der Waals surface area contributed by atoms with E-state index in [1.807, 2.05) is 4.90 Å². The number of carbonyl (C=O) groups excluding carboxylic acids is 2. The third kappa shape index (κ3) is 2.28. The number of amides is 1. The number of rotatable bonds is 1. The van der Waals surface area contributed by atoms with Gasteiger partial charge in [0.1, 0.15) is 5.78 Å². The SMILES string of the molecule is CC1(C(=O)N2CCC(=O)CC2)CCCCC1. The molecule has 2 rings (SSSR count). The van der Waals surface area contributed by atoms with Crippen LogP contribution in [0.5, 0.6) is 0 Å². The van der Waals surface area contributed by atoms with Crippen molar-refractivity contribution >= 4 is 11.7 Å². The summed E-state index contributed by atoms with van der Waals surface area (Å²) >= 11 is 0. The maximum absolute atomic E-state index is 12.4. The molecule has 3 heteroatoms. The van der Waals surface area contributed by atoms with Crippen molar-refractivity contribution < 1.29 is 9.59 Å². The van der Waals surface area contributed by atoms with Gasteiger partial charge in [0.15, 0.2) is 0 Å². The fraction of sp³-hybridized carbons (Fsp3) is 0.846. The number of ketones is 1. The van der Waals surface area contributed by atoms with Crippen LogP contribution in [0.25, 0.3) is 0 Å². The summed E-state index contributed by atoms with van der Waals surface area (Å²) in [4.78, 5) is 25.5. The van der Waals surface area contributed by atoms with Crippen molar-refractivity contribution in [3.8, 4) is 0 Å². The van der Waals surface area contributed by atoms with E-state index in [2.05, 4.69) is 6.92 Å². The fourth-order valence-corrected chi connectivity index (χ4v) is 2.89. The maximum Gasteiger partial charge on any atom is 0.228 e. The summed E-state index contributed by atoms with van der Waals surface area (Å²) in [5.74, 6) is 0.595. The van der Waals surface area contributed by atoms with Crippen molar-refractivity contribution in [1.82, 2.24) is 4.90 Å². The van der Waals surface area contributed by atoms with Crippen LogP contribution in [-0.4, -0.2) is 29.7 Å². The summed E-state index contributed by atoms with van der Waals surface area (Å²) in [7, 11) is 0. The minimum absolute atomic E-state index is 0.140. The standard InChI is InChI=1S/C13H21NO2/c1-13(7-3-2-4-8-13)12(16)14-9-5-11(15)6-10-14/h2-10H2,1H3. The topological polar surface area (TPSA) is 37.4 Å². The molecule has 0 spiro atoms. The van der Waals surface area contributed by atoms with Gasteiger partial charge < -0.3 is 4.90 Å². The lowest BCUT2D eigenvalue weighted by Crippen LogP contribution is -2.47. The van der Waals surface area contributed by atoms with E-state index < -0.39 is 0 Å². The van der Waals surface area contributed by atoms with Gasteiger partial charge in [-0.05, 0) is 12.8 Å². The number of piperidine rings is 1. The first kappa shape index (κ1) is 11.6. The van der Waals surface area contributed by atoms with E-state index in [1.165, 1.54) is 19.3 Å². The van der Waals surface area contributed by atoms with E-state index in [1.54, 1.807) is 0 Å². The molecule has 0 N–H and O–H groups in total. The first-order chi connectivity index (χ1) is 7.62. The highest BCUT2D eigenvalue weighted by Crippen LogP contribution is 2.37. The molecule has 0 bridgehead atoms. The average molecular weight is 223 g/mol. The van der Waals surface area contributed by atoms with Crippen LogP contribution in [0.4, 0.5) is 0 Å². The van der Waals surface area contributed by atoms with Crippen molar-refractivity contribution in [1.29, 1.82) is 0 Å². The Kier molecular flexibility index (Phi) is 3.31. The van der Waals surface area contributed by atoms with Gasteiger partial charge >= 0.3 is 0 Å². The quantitative estimate of drug-likeness (QED) is 0.683. The first-order valence-corrected chi connectivity index (χ1v) is 6.43. The van der Waals surface area contributed by atoms with Gasteiger partial charge in [-0.15, -0.1) is 0 Å². The lowest BCUT2D eigenvalue weighted by Gasteiger charge is -2.38. The molecule has 1 aliphatic heterocycles. The molecule has 0 aromatic carbocycles. The van der Waals surface area contributed by atoms with Crippen LogP contribution in [0.3, 0.4) is 0 Å². The Hall–Kier alpha value is -0.860. The van der Waals surface area contributed by atoms with E-state index in [4.69, 9.17) is 0 Å². The van der Waals surface area contributed by atoms with Gasteiger partial charge in [0.2, 0.25) is 5.91 Å². The monoisotopic (exact) mass is 223 g/mol. The maximum atomic E-state index is 12.4. The lowest BCUT2D eigenvalue weighted by molar-refractivity contribution is -0.145. The normalized spacial score (nSPS) is 25.6. The van der Waals surface area contributed by atoms with Crippen LogP contribution >= 0.6 is 0 Å². The van der Waals surface area contributed by atoms with Crippen molar-refractivity contribution in [2.24, 2.45) is 5.41 Å². The number of Topliss-reactive ketones (excluding diaryl/α,β-unsaturated/α-hetero) is 1. The second-order valence-corrected chi connectivity index (χ2v) is 5.45. The van der Waals surface area contributed by atoms with Gasteiger partial charge in [-0.2, -0.15) is 0 Å². The summed E-state index contributed by atoms with van der Waals surface area (Å²) in [6.07, 6.45) is 6.78. The largest absolute Gasteiger partial charge is 0.341 e. The molecule has 90 valence electrons. The molecule has 1 amide bonds. The van der Waals surface area contributed by atoms with Gasteiger partial charge in [-0.1, -0.05) is 26.2 Å². The zero-order valence-electron chi connectivity index (χ0n) is 10.1. The van der Waals surface area contributed by atoms with Gasteiger partial charge in [0, 0.05) is 31.3 Å². The van der Waals surface area contributed by atoms with Crippen LogP contribution in [0.15, 0.2) is 0 Å². The zero-order chi connectivity index (χ0) is 11.6. The number of likely N-dealkylation sites (tertiary alicyclic amines) is 1. The Morgan fingerprint density at radius 3 is 2.25 bits per heavy atom. The molecule has 0 aromatic heterocycles. The molecule has 3 nitrogen and oxygen atoms in total. The molecule has 0 unspecified atom stereocenters. The molecule has 1 saturated heterocycles. The molecule has 0 atom stereocenters. The van der Waals surface area contributed by atoms with Gasteiger partial charge in [0.25, 0.3) is 0 Å². The van der Waals surface area contributed by atoms with Crippen LogP contribution < -0.4 is 0 Å². The summed E-state index contributed by atoms with van der Waals surface area (Å²) in [6.45, 7) is 3.39. The molecule has 1 heterocycles. The Morgan fingerprint density at radius 1 is 1.12 bits per heavy atom. The first-order valence-electron chi connectivity index (χ1n) is 6.43. The predicted octanol–water partition coefficient (Wildman–Crippen LogP) is 2.15. The van der Waals surface area contributed by atoms with Gasteiger partial charge in [-0.3, -0.25) is 9.59 Å². The summed E-state index contributed by atoms with van der Waals surface area (Å²) < 4.78 is 0. The lowest BCUT2D eigenvalue weighted by atomic mass is 9.74. The summed E-state index contributed by atoms with van der Waals surface area (Å²) in [5, 5.41) is 0. The highest BCUT2D eigenvalue weighted by molar-refractivity contribution is 5.86. The van der Waals surface area contributed by atoms with E-state index >= 15 is 0 Å². The van der Waals surface area contributed by atoms with Crippen molar-refractivity contribution in [2.45, 2.75) is 51.9 Å². The summed E-state index contributed by atoms with van der Waals surface area (Å²) in [6, 6.07) is 0. The van der Waals surface area contributed by atoms with Crippen LogP contribution in [0.1, 0.15) is 51.9 Å². The average Bonchev–Trinajstić information content (AvgIpc) is 2.30. The van der Waals surface area contributed by atoms with Crippen molar-refractivity contribution in [3.05, 3.63) is 0 Å². The number of hydrogen-bond acceptors (Lipinski definition) is 2. The molecular formula is C13H21NO2. The van der Waals surface area contributed by atoms with Crippen LogP contribution in [0.2, 0.25) is 0 Å². The number of hydrogen-bond donors (Lipinski definition) is 0. The Balaban J connectivity index is 1.98. The summed E-state index contributed by atoms with van der Waals surface area (Å²) in [5.41, 5.74) is -0.140. The third-order valence-electron chi connectivity index (χ3n) is 4.08. The van der Waals surface area contributed by atoms with Crippen molar-refractivity contribution in [3.63, 3.8) is 0 Å². The molecule has 1 saturated carbocycles. The van der Waals surface area contributed by atoms with Crippen LogP contribution in [-0.2, 0) is 9.59 Å². The molecule has 1 aliphatic carbocycles. The van der Waals surface area contributed by atoms with E-state index in [9.17, 15) is 9.59 Å². The third-order valence-corrected chi connectivity index (χ3v) is 4.08. The molecule has 0 radical (unpaired) electrons. The zero-order valence-corrected chi connectivity index (χ0v) is 10.1. The Bertz CT molecular complexity index is 282. The predicted molar refractivity (Wildman–Crippen MR) is 62.0 cm³/mol. The highest BCUT2D eigenvalue weighted by Gasteiger charge is 2.38. The second kappa shape index (κ2) is 4.56. The minimum atomic E-state index is -0.140. The van der Waals surface area contributed by atoms with E-state index in [-0.39, 0.29) is 5.41 Å². The van der Waals surface area contributed by atoms with Crippen molar-refractivity contribution in [2.75, 3.05) is 13.1 Å². The van der Waals surface area contributed by atoms with Crippen LogP contribution in [0, 0.1) is 5.41 Å². The van der Waals surface area contributed by atoms with E-state index in [0.717, 1.165) is 12.8 Å². The number of nitrogens with zero attached hydrogens (tertiary/aromatic N) is 1. The fourth-order valence-electron chi connectivity index (χ4n) is 2.89. The smallest absolute Gasteiger partial charge is 0.228 e.